The molecule has 1 N–H and O–H groups in total. The molecule has 0 fully saturated rings. The minimum atomic E-state index is -0.406. The van der Waals surface area contributed by atoms with Crippen LogP contribution in [0.1, 0.15) is 16.8 Å². The zero-order valence-corrected chi connectivity index (χ0v) is 11.7. The van der Waals surface area contributed by atoms with Gasteiger partial charge in [0.05, 0.1) is 20.1 Å². The predicted octanol–water partition coefficient (Wildman–Crippen LogP) is 0.413. The van der Waals surface area contributed by atoms with Crippen molar-refractivity contribution in [2.75, 3.05) is 33.6 Å². The minimum absolute atomic E-state index is 0.0762. The van der Waals surface area contributed by atoms with Gasteiger partial charge in [-0.3, -0.25) is 9.59 Å². The van der Waals surface area contributed by atoms with E-state index in [9.17, 15) is 9.59 Å². The maximum absolute atomic E-state index is 12.4. The molecule has 7 heteroatoms. The van der Waals surface area contributed by atoms with Gasteiger partial charge in [0.15, 0.2) is 11.5 Å². The molecule has 1 aromatic carbocycles. The highest BCUT2D eigenvalue weighted by molar-refractivity contribution is 5.95. The van der Waals surface area contributed by atoms with Gasteiger partial charge >= 0.3 is 5.97 Å². The van der Waals surface area contributed by atoms with Crippen LogP contribution in [0.3, 0.4) is 0 Å². The zero-order chi connectivity index (χ0) is 15.2. The van der Waals surface area contributed by atoms with Crippen LogP contribution in [0.15, 0.2) is 18.2 Å². The number of benzene rings is 1. The topological polar surface area (TPSA) is 85.3 Å². The maximum atomic E-state index is 12.4. The number of carbonyl (C=O) groups is 2. The molecule has 0 radical (unpaired) electrons. The third-order valence-corrected chi connectivity index (χ3v) is 3.09. The molecule has 1 aliphatic heterocycles. The lowest BCUT2D eigenvalue weighted by atomic mass is 10.1. The first-order chi connectivity index (χ1) is 10.2. The third kappa shape index (κ3) is 3.63. The highest BCUT2D eigenvalue weighted by Gasteiger charge is 2.20. The van der Waals surface area contributed by atoms with Gasteiger partial charge in [0, 0.05) is 18.7 Å². The van der Waals surface area contributed by atoms with E-state index in [2.05, 4.69) is 4.74 Å². The van der Waals surface area contributed by atoms with Crippen molar-refractivity contribution in [3.63, 3.8) is 0 Å². The number of fused-ring (bicyclic) bond motifs is 1. The summed E-state index contributed by atoms with van der Waals surface area (Å²) in [5, 5.41) is 9.06. The second-order valence-corrected chi connectivity index (χ2v) is 4.41. The van der Waals surface area contributed by atoms with Crippen molar-refractivity contribution in [2.24, 2.45) is 0 Å². The number of esters is 1. The summed E-state index contributed by atoms with van der Waals surface area (Å²) in [5.41, 5.74) is 0.414. The van der Waals surface area contributed by atoms with Gasteiger partial charge in [0.25, 0.3) is 5.91 Å². The summed E-state index contributed by atoms with van der Waals surface area (Å²) < 4.78 is 15.0. The molecular weight excluding hydrogens is 278 g/mol. The number of aliphatic hydroxyl groups excluding tert-OH is 1. The first-order valence-electron chi connectivity index (χ1n) is 6.52. The SMILES string of the molecule is COC(=O)CCN(CCO)C(=O)c1ccc2c(c1)OCO2. The smallest absolute Gasteiger partial charge is 0.307 e. The van der Waals surface area contributed by atoms with Gasteiger partial charge in [-0.2, -0.15) is 0 Å². The molecule has 1 amide bonds. The Morgan fingerprint density at radius 3 is 2.76 bits per heavy atom. The lowest BCUT2D eigenvalue weighted by Gasteiger charge is -2.21. The normalized spacial score (nSPS) is 12.1. The summed E-state index contributed by atoms with van der Waals surface area (Å²) in [6.07, 6.45) is 0.0762. The Morgan fingerprint density at radius 2 is 2.05 bits per heavy atom. The molecule has 21 heavy (non-hydrogen) atoms. The van der Waals surface area contributed by atoms with Gasteiger partial charge in [-0.1, -0.05) is 0 Å². The molecular formula is C14H17NO6. The Kier molecular flexibility index (Phi) is 4.99. The second kappa shape index (κ2) is 6.94. The van der Waals surface area contributed by atoms with Crippen molar-refractivity contribution >= 4 is 11.9 Å². The van der Waals surface area contributed by atoms with Crippen LogP contribution in [0, 0.1) is 0 Å². The Morgan fingerprint density at radius 1 is 1.29 bits per heavy atom. The van der Waals surface area contributed by atoms with Crippen LogP contribution >= 0.6 is 0 Å². The van der Waals surface area contributed by atoms with Crippen LogP contribution in [0.25, 0.3) is 0 Å². The van der Waals surface area contributed by atoms with E-state index in [1.165, 1.54) is 12.0 Å². The van der Waals surface area contributed by atoms with Gasteiger partial charge in [0.1, 0.15) is 0 Å². The Hall–Kier alpha value is -2.28. The van der Waals surface area contributed by atoms with Crippen LogP contribution in [0.2, 0.25) is 0 Å². The third-order valence-electron chi connectivity index (χ3n) is 3.09. The van der Waals surface area contributed by atoms with E-state index in [1.807, 2.05) is 0 Å². The van der Waals surface area contributed by atoms with Crippen molar-refractivity contribution < 1.29 is 28.9 Å². The summed E-state index contributed by atoms with van der Waals surface area (Å²) in [5.74, 6) is 0.412. The molecule has 1 aliphatic rings. The largest absolute Gasteiger partial charge is 0.469 e. The number of rotatable bonds is 6. The summed E-state index contributed by atoms with van der Waals surface area (Å²) in [7, 11) is 1.29. The van der Waals surface area contributed by atoms with E-state index in [-0.39, 0.29) is 38.8 Å². The molecule has 2 rings (SSSR count). The summed E-state index contributed by atoms with van der Waals surface area (Å²) in [6.45, 7) is 0.276. The number of amides is 1. The molecule has 0 unspecified atom stereocenters. The Bertz CT molecular complexity index is 530. The summed E-state index contributed by atoms with van der Waals surface area (Å²) in [6, 6.07) is 4.87. The molecule has 7 nitrogen and oxygen atoms in total. The highest BCUT2D eigenvalue weighted by Crippen LogP contribution is 2.32. The van der Waals surface area contributed by atoms with Gasteiger partial charge in [-0.25, -0.2) is 0 Å². The highest BCUT2D eigenvalue weighted by atomic mass is 16.7. The van der Waals surface area contributed by atoms with Crippen molar-refractivity contribution in [1.82, 2.24) is 4.90 Å². The van der Waals surface area contributed by atoms with E-state index >= 15 is 0 Å². The fourth-order valence-corrected chi connectivity index (χ4v) is 1.98. The van der Waals surface area contributed by atoms with E-state index < -0.39 is 5.97 Å². The zero-order valence-electron chi connectivity index (χ0n) is 11.7. The second-order valence-electron chi connectivity index (χ2n) is 4.41. The van der Waals surface area contributed by atoms with Crippen molar-refractivity contribution in [2.45, 2.75) is 6.42 Å². The molecule has 0 aromatic heterocycles. The minimum Gasteiger partial charge on any atom is -0.469 e. The van der Waals surface area contributed by atoms with E-state index in [0.29, 0.717) is 17.1 Å². The monoisotopic (exact) mass is 295 g/mol. The fraction of sp³-hybridized carbons (Fsp3) is 0.429. The molecule has 1 aromatic rings. The molecule has 0 bridgehead atoms. The number of nitrogens with zero attached hydrogens (tertiary/aromatic N) is 1. The molecule has 0 saturated carbocycles. The number of aliphatic hydroxyl groups is 1. The first kappa shape index (κ1) is 15.1. The summed E-state index contributed by atoms with van der Waals surface area (Å²) in [4.78, 5) is 25.0. The van der Waals surface area contributed by atoms with Crippen molar-refractivity contribution in [3.8, 4) is 11.5 Å². The van der Waals surface area contributed by atoms with Crippen LogP contribution in [0.4, 0.5) is 0 Å². The van der Waals surface area contributed by atoms with Crippen LogP contribution in [0.5, 0.6) is 11.5 Å². The molecule has 114 valence electrons. The lowest BCUT2D eigenvalue weighted by molar-refractivity contribution is -0.140. The van der Waals surface area contributed by atoms with E-state index in [1.54, 1.807) is 18.2 Å². The number of methoxy groups -OCH3 is 1. The van der Waals surface area contributed by atoms with Crippen LogP contribution < -0.4 is 9.47 Å². The number of ether oxygens (including phenoxy) is 3. The van der Waals surface area contributed by atoms with E-state index in [4.69, 9.17) is 14.6 Å². The molecule has 1 heterocycles. The fourth-order valence-electron chi connectivity index (χ4n) is 1.98. The van der Waals surface area contributed by atoms with Gasteiger partial charge in [-0.05, 0) is 18.2 Å². The molecule has 0 aliphatic carbocycles. The lowest BCUT2D eigenvalue weighted by Crippen LogP contribution is -2.35. The number of hydrogen-bond acceptors (Lipinski definition) is 6. The van der Waals surface area contributed by atoms with Crippen LogP contribution in [-0.2, 0) is 9.53 Å². The van der Waals surface area contributed by atoms with Crippen molar-refractivity contribution in [3.05, 3.63) is 23.8 Å². The molecule has 0 atom stereocenters. The van der Waals surface area contributed by atoms with Gasteiger partial charge < -0.3 is 24.2 Å². The van der Waals surface area contributed by atoms with Gasteiger partial charge in [-0.15, -0.1) is 0 Å². The molecule has 0 spiro atoms. The van der Waals surface area contributed by atoms with Gasteiger partial charge in [0.2, 0.25) is 6.79 Å². The maximum Gasteiger partial charge on any atom is 0.307 e. The number of carbonyl (C=O) groups excluding carboxylic acids is 2. The quantitative estimate of drug-likeness (QED) is 0.765. The average Bonchev–Trinajstić information content (AvgIpc) is 2.97. The Labute approximate surface area is 122 Å². The molecule has 0 saturated heterocycles. The Balaban J connectivity index is 2.08. The predicted molar refractivity (Wildman–Crippen MR) is 72.2 cm³/mol. The summed E-state index contributed by atoms with van der Waals surface area (Å²) >= 11 is 0. The standard InChI is InChI=1S/C14H17NO6/c1-19-13(17)4-5-15(6-7-16)14(18)10-2-3-11-12(8-10)21-9-20-11/h2-3,8,16H,4-7,9H2,1H3. The van der Waals surface area contributed by atoms with Crippen LogP contribution in [-0.4, -0.2) is 55.5 Å². The average molecular weight is 295 g/mol. The van der Waals surface area contributed by atoms with E-state index in [0.717, 1.165) is 0 Å². The number of hydrogen-bond donors (Lipinski definition) is 1. The van der Waals surface area contributed by atoms with Crippen molar-refractivity contribution in [1.29, 1.82) is 0 Å². The first-order valence-corrected chi connectivity index (χ1v) is 6.52.